The molecule has 2 atom stereocenters. The number of aryl methyl sites for hydroxylation is 1. The Morgan fingerprint density at radius 3 is 2.70 bits per heavy atom. The standard InChI is InChI=1S/C17H25N3O2S/c1-12-7-6-10-20(16(12)11-18)23(21,22)17-13(2)19(3)15-9-5-4-8-14(15)17/h4-5,8-9,12,16H,6-7,10-11,18H2,1-3H3. The summed E-state index contributed by atoms with van der Waals surface area (Å²) in [6.07, 6.45) is 1.92. The molecule has 3 rings (SSSR count). The molecule has 2 aromatic rings. The molecule has 2 N–H and O–H groups in total. The number of aromatic nitrogens is 1. The zero-order valence-electron chi connectivity index (χ0n) is 14.0. The molecule has 2 unspecified atom stereocenters. The quantitative estimate of drug-likeness (QED) is 0.935. The monoisotopic (exact) mass is 335 g/mol. The molecule has 0 radical (unpaired) electrons. The fraction of sp³-hybridized carbons (Fsp3) is 0.529. The minimum atomic E-state index is -3.56. The Balaban J connectivity index is 2.19. The van der Waals surface area contributed by atoms with E-state index in [1.54, 1.807) is 4.31 Å². The summed E-state index contributed by atoms with van der Waals surface area (Å²) in [5, 5.41) is 0.793. The first-order valence-corrected chi connectivity index (χ1v) is 9.59. The lowest BCUT2D eigenvalue weighted by Crippen LogP contribution is -2.51. The number of hydrogen-bond acceptors (Lipinski definition) is 3. The van der Waals surface area contributed by atoms with Gasteiger partial charge < -0.3 is 10.3 Å². The van der Waals surface area contributed by atoms with Gasteiger partial charge in [-0.1, -0.05) is 25.1 Å². The predicted octanol–water partition coefficient (Wildman–Crippen LogP) is 2.23. The lowest BCUT2D eigenvalue weighted by atomic mass is 9.93. The van der Waals surface area contributed by atoms with Crippen molar-refractivity contribution in [2.45, 2.75) is 37.6 Å². The Morgan fingerprint density at radius 1 is 1.30 bits per heavy atom. The van der Waals surface area contributed by atoms with Crippen molar-refractivity contribution in [3.8, 4) is 0 Å². The third-order valence-electron chi connectivity index (χ3n) is 5.21. The van der Waals surface area contributed by atoms with Crippen molar-refractivity contribution in [1.29, 1.82) is 0 Å². The second kappa shape index (κ2) is 5.92. The maximum atomic E-state index is 13.4. The molecule has 1 aromatic carbocycles. The number of rotatable bonds is 3. The van der Waals surface area contributed by atoms with Crippen LogP contribution in [0.2, 0.25) is 0 Å². The predicted molar refractivity (Wildman–Crippen MR) is 92.8 cm³/mol. The summed E-state index contributed by atoms with van der Waals surface area (Å²) in [4.78, 5) is 0.433. The summed E-state index contributed by atoms with van der Waals surface area (Å²) >= 11 is 0. The van der Waals surface area contributed by atoms with Crippen molar-refractivity contribution < 1.29 is 8.42 Å². The van der Waals surface area contributed by atoms with Crippen molar-refractivity contribution in [2.24, 2.45) is 18.7 Å². The Hall–Kier alpha value is -1.37. The Kier molecular flexibility index (Phi) is 4.25. The lowest BCUT2D eigenvalue weighted by Gasteiger charge is -2.38. The van der Waals surface area contributed by atoms with Crippen LogP contribution in [-0.2, 0) is 17.1 Å². The van der Waals surface area contributed by atoms with Crippen LogP contribution < -0.4 is 5.73 Å². The average Bonchev–Trinajstić information content (AvgIpc) is 2.79. The van der Waals surface area contributed by atoms with Crippen molar-refractivity contribution >= 4 is 20.9 Å². The summed E-state index contributed by atoms with van der Waals surface area (Å²) in [5.41, 5.74) is 7.62. The highest BCUT2D eigenvalue weighted by atomic mass is 32.2. The van der Waals surface area contributed by atoms with Gasteiger partial charge >= 0.3 is 0 Å². The SMILES string of the molecule is Cc1c(S(=O)(=O)N2CCCC(C)C2CN)c2ccccc2n1C. The third kappa shape index (κ3) is 2.49. The fourth-order valence-electron chi connectivity index (χ4n) is 3.79. The number of fused-ring (bicyclic) bond motifs is 1. The topological polar surface area (TPSA) is 68.3 Å². The van der Waals surface area contributed by atoms with Crippen molar-refractivity contribution in [3.63, 3.8) is 0 Å². The average molecular weight is 335 g/mol. The normalized spacial score (nSPS) is 23.5. The first-order valence-electron chi connectivity index (χ1n) is 8.15. The molecule has 0 saturated carbocycles. The van der Waals surface area contributed by atoms with Crippen LogP contribution in [0.5, 0.6) is 0 Å². The second-order valence-electron chi connectivity index (χ2n) is 6.53. The number of para-hydroxylation sites is 1. The molecule has 5 nitrogen and oxygen atoms in total. The summed E-state index contributed by atoms with van der Waals surface area (Å²) in [6.45, 7) is 4.88. The minimum Gasteiger partial charge on any atom is -0.347 e. The van der Waals surface area contributed by atoms with E-state index >= 15 is 0 Å². The Labute approximate surface area is 138 Å². The summed E-state index contributed by atoms with van der Waals surface area (Å²) in [7, 11) is -1.65. The first-order chi connectivity index (χ1) is 10.9. The highest BCUT2D eigenvalue weighted by Gasteiger charge is 2.38. The van der Waals surface area contributed by atoms with Gasteiger partial charge in [0.15, 0.2) is 0 Å². The zero-order chi connectivity index (χ0) is 16.8. The Morgan fingerprint density at radius 2 is 2.00 bits per heavy atom. The largest absolute Gasteiger partial charge is 0.347 e. The molecule has 2 heterocycles. The van der Waals surface area contributed by atoms with E-state index in [0.717, 1.165) is 29.4 Å². The number of benzene rings is 1. The van der Waals surface area contributed by atoms with Crippen molar-refractivity contribution in [2.75, 3.05) is 13.1 Å². The van der Waals surface area contributed by atoms with Crippen LogP contribution >= 0.6 is 0 Å². The smallest absolute Gasteiger partial charge is 0.245 e. The fourth-order valence-corrected chi connectivity index (χ4v) is 6.00. The van der Waals surface area contributed by atoms with Gasteiger partial charge in [0.25, 0.3) is 0 Å². The van der Waals surface area contributed by atoms with E-state index in [4.69, 9.17) is 5.73 Å². The molecule has 1 aliphatic rings. The van der Waals surface area contributed by atoms with E-state index in [1.165, 1.54) is 0 Å². The number of nitrogens with zero attached hydrogens (tertiary/aromatic N) is 2. The molecule has 1 fully saturated rings. The van der Waals surface area contributed by atoms with Crippen LogP contribution in [0.1, 0.15) is 25.5 Å². The number of nitrogens with two attached hydrogens (primary N) is 1. The van der Waals surface area contributed by atoms with Crippen molar-refractivity contribution in [3.05, 3.63) is 30.0 Å². The first kappa shape index (κ1) is 16.5. The Bertz CT molecular complexity index is 826. The summed E-state index contributed by atoms with van der Waals surface area (Å²) < 4.78 is 30.4. The molecular formula is C17H25N3O2S. The van der Waals surface area contributed by atoms with Gasteiger partial charge in [-0.2, -0.15) is 4.31 Å². The second-order valence-corrected chi connectivity index (χ2v) is 8.36. The molecule has 0 bridgehead atoms. The van der Waals surface area contributed by atoms with Crippen molar-refractivity contribution in [1.82, 2.24) is 8.87 Å². The zero-order valence-corrected chi connectivity index (χ0v) is 14.8. The molecule has 0 spiro atoms. The van der Waals surface area contributed by atoms with Crippen LogP contribution in [0, 0.1) is 12.8 Å². The van der Waals surface area contributed by atoms with E-state index in [9.17, 15) is 8.42 Å². The van der Waals surface area contributed by atoms with Gasteiger partial charge in [0.05, 0.1) is 0 Å². The maximum Gasteiger partial charge on any atom is 0.245 e. The van der Waals surface area contributed by atoms with Crippen LogP contribution in [0.15, 0.2) is 29.2 Å². The third-order valence-corrected chi connectivity index (χ3v) is 7.32. The van der Waals surface area contributed by atoms with Gasteiger partial charge in [0.2, 0.25) is 10.0 Å². The summed E-state index contributed by atoms with van der Waals surface area (Å²) in [5.74, 6) is 0.291. The molecule has 1 saturated heterocycles. The van der Waals surface area contributed by atoms with Gasteiger partial charge in [0, 0.05) is 42.8 Å². The number of hydrogen-bond donors (Lipinski definition) is 1. The molecular weight excluding hydrogens is 310 g/mol. The minimum absolute atomic E-state index is 0.118. The van der Waals surface area contributed by atoms with E-state index in [-0.39, 0.29) is 6.04 Å². The van der Waals surface area contributed by atoms with E-state index < -0.39 is 10.0 Å². The molecule has 23 heavy (non-hydrogen) atoms. The van der Waals surface area contributed by atoms with Gasteiger partial charge in [-0.3, -0.25) is 0 Å². The molecule has 6 heteroatoms. The highest BCUT2D eigenvalue weighted by molar-refractivity contribution is 7.89. The van der Waals surface area contributed by atoms with E-state index in [0.29, 0.717) is 23.9 Å². The maximum absolute atomic E-state index is 13.4. The van der Waals surface area contributed by atoms with Crippen LogP contribution in [0.3, 0.4) is 0 Å². The van der Waals surface area contributed by atoms with Gasteiger partial charge in [-0.05, 0) is 31.7 Å². The van der Waals surface area contributed by atoms with E-state index in [2.05, 4.69) is 6.92 Å². The number of sulfonamides is 1. The number of piperidine rings is 1. The molecule has 0 amide bonds. The lowest BCUT2D eigenvalue weighted by molar-refractivity contribution is 0.192. The van der Waals surface area contributed by atoms with Gasteiger partial charge in [0.1, 0.15) is 4.90 Å². The molecule has 1 aliphatic heterocycles. The van der Waals surface area contributed by atoms with Crippen LogP contribution in [0.4, 0.5) is 0 Å². The van der Waals surface area contributed by atoms with Gasteiger partial charge in [-0.15, -0.1) is 0 Å². The van der Waals surface area contributed by atoms with Gasteiger partial charge in [-0.25, -0.2) is 8.42 Å². The van der Waals surface area contributed by atoms with Crippen LogP contribution in [-0.4, -0.2) is 36.4 Å². The molecule has 126 valence electrons. The molecule has 1 aromatic heterocycles. The van der Waals surface area contributed by atoms with E-state index in [1.807, 2.05) is 42.8 Å². The molecule has 0 aliphatic carbocycles. The summed E-state index contributed by atoms with van der Waals surface area (Å²) in [6, 6.07) is 7.55. The van der Waals surface area contributed by atoms with Crippen LogP contribution in [0.25, 0.3) is 10.9 Å². The highest BCUT2D eigenvalue weighted by Crippen LogP contribution is 2.35.